The zero-order chi connectivity index (χ0) is 15.0. The summed E-state index contributed by atoms with van der Waals surface area (Å²) >= 11 is 0. The number of amides is 1. The van der Waals surface area contributed by atoms with Crippen LogP contribution in [0.3, 0.4) is 0 Å². The minimum atomic E-state index is -0.511. The second-order valence-corrected chi connectivity index (χ2v) is 4.56. The van der Waals surface area contributed by atoms with Crippen LogP contribution in [-0.4, -0.2) is 38.9 Å². The highest BCUT2D eigenvalue weighted by Crippen LogP contribution is 2.19. The molecule has 2 atom stereocenters. The summed E-state index contributed by atoms with van der Waals surface area (Å²) in [4.78, 5) is 12.1. The topological polar surface area (TPSA) is 56.8 Å². The molecule has 20 heavy (non-hydrogen) atoms. The number of benzene rings is 1. The molecule has 0 saturated carbocycles. The van der Waals surface area contributed by atoms with Crippen LogP contribution in [0.2, 0.25) is 0 Å². The number of carbonyl (C=O) groups excluding carboxylic acids is 1. The minimum Gasteiger partial charge on any atom is -0.497 e. The van der Waals surface area contributed by atoms with Crippen molar-refractivity contribution in [3.05, 3.63) is 24.3 Å². The molecule has 1 rings (SSSR count). The molecule has 5 heteroatoms. The molecule has 0 heterocycles. The third-order valence-corrected chi connectivity index (χ3v) is 2.81. The van der Waals surface area contributed by atoms with E-state index in [-0.39, 0.29) is 11.9 Å². The Kier molecular flexibility index (Phi) is 6.87. The van der Waals surface area contributed by atoms with Gasteiger partial charge < -0.3 is 19.5 Å². The van der Waals surface area contributed by atoms with E-state index in [1.165, 1.54) is 0 Å². The maximum atomic E-state index is 12.1. The molecule has 5 nitrogen and oxygen atoms in total. The van der Waals surface area contributed by atoms with Crippen LogP contribution in [0.15, 0.2) is 24.3 Å². The largest absolute Gasteiger partial charge is 0.497 e. The molecular formula is C15H23NO4. The lowest BCUT2D eigenvalue weighted by atomic mass is 10.2. The lowest BCUT2D eigenvalue weighted by Gasteiger charge is -2.20. The van der Waals surface area contributed by atoms with Gasteiger partial charge in [0.15, 0.2) is 6.10 Å². The summed E-state index contributed by atoms with van der Waals surface area (Å²) in [5.74, 6) is 1.27. The van der Waals surface area contributed by atoms with E-state index >= 15 is 0 Å². The van der Waals surface area contributed by atoms with Gasteiger partial charge in [-0.2, -0.15) is 0 Å². The monoisotopic (exact) mass is 281 g/mol. The van der Waals surface area contributed by atoms with Crippen LogP contribution in [0.4, 0.5) is 0 Å². The Morgan fingerprint density at radius 3 is 2.30 bits per heavy atom. The van der Waals surface area contributed by atoms with E-state index in [9.17, 15) is 4.79 Å². The first-order chi connectivity index (χ1) is 9.60. The normalized spacial score (nSPS) is 13.4. The predicted octanol–water partition coefficient (Wildman–Crippen LogP) is 2.00. The maximum absolute atomic E-state index is 12.1. The number of carbonyl (C=O) groups is 1. The van der Waals surface area contributed by atoms with Crippen LogP contribution in [0.5, 0.6) is 11.5 Å². The van der Waals surface area contributed by atoms with Crippen LogP contribution in [0.1, 0.15) is 20.3 Å². The van der Waals surface area contributed by atoms with E-state index in [1.54, 1.807) is 38.5 Å². The highest BCUT2D eigenvalue weighted by atomic mass is 16.5. The van der Waals surface area contributed by atoms with E-state index in [1.807, 2.05) is 13.8 Å². The summed E-state index contributed by atoms with van der Waals surface area (Å²) in [5, 5.41) is 2.86. The summed E-state index contributed by atoms with van der Waals surface area (Å²) in [6.45, 7) is 4.28. The number of nitrogens with one attached hydrogen (secondary N) is 1. The molecule has 0 fully saturated rings. The second-order valence-electron chi connectivity index (χ2n) is 4.56. The van der Waals surface area contributed by atoms with Crippen molar-refractivity contribution in [2.45, 2.75) is 32.4 Å². The SMILES string of the molecule is CC[C@@H](Oc1ccc(OC)cc1)C(=O)N[C@H](C)COC. The van der Waals surface area contributed by atoms with Crippen molar-refractivity contribution in [2.24, 2.45) is 0 Å². The van der Waals surface area contributed by atoms with Gasteiger partial charge in [-0.1, -0.05) is 6.92 Å². The number of rotatable bonds is 8. The Balaban J connectivity index is 2.58. The Bertz CT molecular complexity index is 405. The van der Waals surface area contributed by atoms with Crippen molar-refractivity contribution in [1.82, 2.24) is 5.32 Å². The van der Waals surface area contributed by atoms with Crippen LogP contribution >= 0.6 is 0 Å². The highest BCUT2D eigenvalue weighted by Gasteiger charge is 2.19. The summed E-state index contributed by atoms with van der Waals surface area (Å²) in [7, 11) is 3.21. The first kappa shape index (κ1) is 16.3. The standard InChI is InChI=1S/C15H23NO4/c1-5-14(15(17)16-11(2)10-18-3)20-13-8-6-12(19-4)7-9-13/h6-9,11,14H,5,10H2,1-4H3,(H,16,17)/t11-,14-/m1/s1. The number of hydrogen-bond acceptors (Lipinski definition) is 4. The molecule has 0 radical (unpaired) electrons. The fourth-order valence-corrected chi connectivity index (χ4v) is 1.77. The maximum Gasteiger partial charge on any atom is 0.261 e. The van der Waals surface area contributed by atoms with Gasteiger partial charge in [-0.15, -0.1) is 0 Å². The van der Waals surface area contributed by atoms with Crippen LogP contribution < -0.4 is 14.8 Å². The smallest absolute Gasteiger partial charge is 0.261 e. The number of hydrogen-bond donors (Lipinski definition) is 1. The van der Waals surface area contributed by atoms with Gasteiger partial charge in [0.25, 0.3) is 5.91 Å². The van der Waals surface area contributed by atoms with Crippen molar-refractivity contribution in [1.29, 1.82) is 0 Å². The second kappa shape index (κ2) is 8.43. The molecule has 112 valence electrons. The molecule has 0 spiro atoms. The van der Waals surface area contributed by atoms with Crippen molar-refractivity contribution in [3.63, 3.8) is 0 Å². The van der Waals surface area contributed by atoms with Gasteiger partial charge in [-0.3, -0.25) is 4.79 Å². The zero-order valence-electron chi connectivity index (χ0n) is 12.5. The highest BCUT2D eigenvalue weighted by molar-refractivity contribution is 5.81. The van der Waals surface area contributed by atoms with Crippen LogP contribution in [0.25, 0.3) is 0 Å². The van der Waals surface area contributed by atoms with Gasteiger partial charge in [-0.25, -0.2) is 0 Å². The molecule has 1 amide bonds. The van der Waals surface area contributed by atoms with Gasteiger partial charge in [0.05, 0.1) is 13.7 Å². The van der Waals surface area contributed by atoms with E-state index in [2.05, 4.69) is 5.32 Å². The quantitative estimate of drug-likeness (QED) is 0.792. The van der Waals surface area contributed by atoms with Gasteiger partial charge in [0.2, 0.25) is 0 Å². The van der Waals surface area contributed by atoms with Crippen molar-refractivity contribution >= 4 is 5.91 Å². The third-order valence-electron chi connectivity index (χ3n) is 2.81. The average molecular weight is 281 g/mol. The van der Waals surface area contributed by atoms with E-state index in [4.69, 9.17) is 14.2 Å². The third kappa shape index (κ3) is 5.09. The van der Waals surface area contributed by atoms with E-state index in [0.29, 0.717) is 18.8 Å². The molecule has 0 aromatic heterocycles. The average Bonchev–Trinajstić information content (AvgIpc) is 2.45. The number of methoxy groups -OCH3 is 2. The summed E-state index contributed by atoms with van der Waals surface area (Å²) in [5.41, 5.74) is 0. The molecular weight excluding hydrogens is 258 g/mol. The zero-order valence-corrected chi connectivity index (χ0v) is 12.5. The van der Waals surface area contributed by atoms with Crippen molar-refractivity contribution < 1.29 is 19.0 Å². The van der Waals surface area contributed by atoms with E-state index in [0.717, 1.165) is 5.75 Å². The van der Waals surface area contributed by atoms with E-state index < -0.39 is 6.10 Å². The Hall–Kier alpha value is -1.75. The molecule has 1 aromatic rings. The van der Waals surface area contributed by atoms with Crippen LogP contribution in [0, 0.1) is 0 Å². The first-order valence-electron chi connectivity index (χ1n) is 6.70. The molecule has 0 saturated heterocycles. The first-order valence-corrected chi connectivity index (χ1v) is 6.70. The lowest BCUT2D eigenvalue weighted by molar-refractivity contribution is -0.129. The fourth-order valence-electron chi connectivity index (χ4n) is 1.77. The van der Waals surface area contributed by atoms with Crippen LogP contribution in [-0.2, 0) is 9.53 Å². The summed E-state index contributed by atoms with van der Waals surface area (Å²) in [6, 6.07) is 7.13. The fraction of sp³-hybridized carbons (Fsp3) is 0.533. The Morgan fingerprint density at radius 2 is 1.80 bits per heavy atom. The lowest BCUT2D eigenvalue weighted by Crippen LogP contribution is -2.44. The predicted molar refractivity (Wildman–Crippen MR) is 77.2 cm³/mol. The Morgan fingerprint density at radius 1 is 1.20 bits per heavy atom. The molecule has 0 aliphatic rings. The van der Waals surface area contributed by atoms with Gasteiger partial charge >= 0.3 is 0 Å². The number of ether oxygens (including phenoxy) is 3. The minimum absolute atomic E-state index is 0.0407. The molecule has 0 aliphatic heterocycles. The molecule has 1 aromatic carbocycles. The van der Waals surface area contributed by atoms with Gasteiger partial charge in [-0.05, 0) is 37.6 Å². The van der Waals surface area contributed by atoms with Crippen molar-refractivity contribution in [3.8, 4) is 11.5 Å². The molecule has 0 unspecified atom stereocenters. The van der Waals surface area contributed by atoms with Gasteiger partial charge in [0, 0.05) is 13.2 Å². The van der Waals surface area contributed by atoms with Gasteiger partial charge in [0.1, 0.15) is 11.5 Å². The molecule has 0 bridgehead atoms. The molecule has 0 aliphatic carbocycles. The molecule has 1 N–H and O–H groups in total. The Labute approximate surface area is 120 Å². The summed E-state index contributed by atoms with van der Waals surface area (Å²) in [6.07, 6.45) is 0.0834. The summed E-state index contributed by atoms with van der Waals surface area (Å²) < 4.78 is 15.8. The van der Waals surface area contributed by atoms with Crippen molar-refractivity contribution in [2.75, 3.05) is 20.8 Å².